The topological polar surface area (TPSA) is 79.4 Å². The number of hydrogen-bond donors (Lipinski definition) is 1. The zero-order valence-electron chi connectivity index (χ0n) is 15.8. The van der Waals surface area contributed by atoms with Gasteiger partial charge in [-0.15, -0.1) is 11.3 Å². The fourth-order valence-corrected chi connectivity index (χ4v) is 5.75. The van der Waals surface area contributed by atoms with E-state index >= 15 is 0 Å². The fourth-order valence-electron chi connectivity index (χ4n) is 2.76. The molecular weight excluding hydrogens is 414 g/mol. The molecule has 28 heavy (non-hydrogen) atoms. The standard InChI is InChI=1S/C19H21N3O3S3/c1-4-22(5-2)28(24,25)15-9-6-13(7-10-15)18(23)20-14-8-11-16-17(12-14)27-19(21-16)26-3/h6-12H,4-5H2,1-3H3,(H,20,23). The van der Waals surface area contributed by atoms with Crippen LogP contribution in [-0.2, 0) is 10.0 Å². The SMILES string of the molecule is CCN(CC)S(=O)(=O)c1ccc(C(=O)Nc2ccc3nc(SC)sc3c2)cc1. The first-order valence-corrected chi connectivity index (χ1v) is 12.2. The Bertz CT molecular complexity index is 1090. The molecule has 0 aliphatic carbocycles. The number of nitrogens with zero attached hydrogens (tertiary/aromatic N) is 2. The number of rotatable bonds is 7. The van der Waals surface area contributed by atoms with Gasteiger partial charge in [-0.1, -0.05) is 25.6 Å². The minimum atomic E-state index is -3.53. The van der Waals surface area contributed by atoms with Gasteiger partial charge in [0.25, 0.3) is 5.91 Å². The van der Waals surface area contributed by atoms with Crippen LogP contribution >= 0.6 is 23.1 Å². The molecule has 1 heterocycles. The van der Waals surface area contributed by atoms with Crippen molar-refractivity contribution in [1.29, 1.82) is 0 Å². The summed E-state index contributed by atoms with van der Waals surface area (Å²) in [7, 11) is -3.53. The van der Waals surface area contributed by atoms with E-state index in [-0.39, 0.29) is 10.8 Å². The molecule has 148 valence electrons. The number of nitrogens with one attached hydrogen (secondary N) is 1. The molecule has 2 aromatic carbocycles. The molecule has 0 atom stereocenters. The molecule has 1 N–H and O–H groups in total. The van der Waals surface area contributed by atoms with Gasteiger partial charge >= 0.3 is 0 Å². The lowest BCUT2D eigenvalue weighted by Crippen LogP contribution is -2.30. The maximum Gasteiger partial charge on any atom is 0.255 e. The van der Waals surface area contributed by atoms with E-state index in [1.807, 2.05) is 24.5 Å². The average Bonchev–Trinajstić information content (AvgIpc) is 3.11. The van der Waals surface area contributed by atoms with Gasteiger partial charge in [0, 0.05) is 24.3 Å². The first kappa shape index (κ1) is 20.8. The summed E-state index contributed by atoms with van der Waals surface area (Å²) in [6.45, 7) is 4.40. The van der Waals surface area contributed by atoms with Crippen LogP contribution in [-0.4, -0.2) is 43.0 Å². The third kappa shape index (κ3) is 4.22. The summed E-state index contributed by atoms with van der Waals surface area (Å²) >= 11 is 3.16. The van der Waals surface area contributed by atoms with Gasteiger partial charge < -0.3 is 5.32 Å². The van der Waals surface area contributed by atoms with E-state index in [9.17, 15) is 13.2 Å². The Morgan fingerprint density at radius 3 is 2.43 bits per heavy atom. The van der Waals surface area contributed by atoms with Crippen molar-refractivity contribution in [3.63, 3.8) is 0 Å². The van der Waals surface area contributed by atoms with Crippen molar-refractivity contribution in [3.8, 4) is 0 Å². The van der Waals surface area contributed by atoms with Crippen LogP contribution in [0.15, 0.2) is 51.7 Å². The largest absolute Gasteiger partial charge is 0.322 e. The number of sulfonamides is 1. The maximum absolute atomic E-state index is 12.5. The predicted octanol–water partition coefficient (Wildman–Crippen LogP) is 4.30. The molecule has 0 aliphatic rings. The highest BCUT2D eigenvalue weighted by Gasteiger charge is 2.21. The Balaban J connectivity index is 1.78. The fraction of sp³-hybridized carbons (Fsp3) is 0.263. The Hall–Kier alpha value is -1.94. The van der Waals surface area contributed by atoms with Gasteiger partial charge in [-0.3, -0.25) is 4.79 Å². The summed E-state index contributed by atoms with van der Waals surface area (Å²) < 4.78 is 28.4. The van der Waals surface area contributed by atoms with Crippen LogP contribution in [0.2, 0.25) is 0 Å². The van der Waals surface area contributed by atoms with Crippen molar-refractivity contribution < 1.29 is 13.2 Å². The van der Waals surface area contributed by atoms with E-state index in [0.29, 0.717) is 24.3 Å². The molecule has 0 fully saturated rings. The van der Waals surface area contributed by atoms with E-state index in [1.165, 1.54) is 28.6 Å². The molecule has 0 unspecified atom stereocenters. The van der Waals surface area contributed by atoms with E-state index in [0.717, 1.165) is 14.6 Å². The number of carbonyl (C=O) groups is 1. The van der Waals surface area contributed by atoms with Crippen molar-refractivity contribution in [2.24, 2.45) is 0 Å². The van der Waals surface area contributed by atoms with Crippen LogP contribution in [0.4, 0.5) is 5.69 Å². The number of fused-ring (bicyclic) bond motifs is 1. The highest BCUT2D eigenvalue weighted by Crippen LogP contribution is 2.30. The number of hydrogen-bond acceptors (Lipinski definition) is 6. The zero-order valence-corrected chi connectivity index (χ0v) is 18.2. The average molecular weight is 436 g/mol. The van der Waals surface area contributed by atoms with Gasteiger partial charge in [0.05, 0.1) is 15.1 Å². The highest BCUT2D eigenvalue weighted by molar-refractivity contribution is 8.00. The van der Waals surface area contributed by atoms with Crippen LogP contribution in [0.3, 0.4) is 0 Å². The summed E-state index contributed by atoms with van der Waals surface area (Å²) in [4.78, 5) is 17.2. The van der Waals surface area contributed by atoms with Gasteiger partial charge in [0.2, 0.25) is 10.0 Å². The molecule has 3 aromatic rings. The maximum atomic E-state index is 12.5. The molecule has 0 radical (unpaired) electrons. The lowest BCUT2D eigenvalue weighted by molar-refractivity contribution is 0.102. The predicted molar refractivity (Wildman–Crippen MR) is 116 cm³/mol. The number of thioether (sulfide) groups is 1. The molecule has 1 aromatic heterocycles. The third-order valence-corrected chi connectivity index (χ3v) is 8.33. The molecule has 3 rings (SSSR count). The Kier molecular flexibility index (Phi) is 6.39. The second-order valence-corrected chi connectivity index (χ2v) is 9.96. The summed E-state index contributed by atoms with van der Waals surface area (Å²) in [5.41, 5.74) is 1.97. The second-order valence-electron chi connectivity index (χ2n) is 5.93. The monoisotopic (exact) mass is 435 g/mol. The van der Waals surface area contributed by atoms with Crippen molar-refractivity contribution in [1.82, 2.24) is 9.29 Å². The first-order chi connectivity index (χ1) is 13.4. The summed E-state index contributed by atoms with van der Waals surface area (Å²) in [6.07, 6.45) is 1.98. The number of anilines is 1. The van der Waals surface area contributed by atoms with E-state index < -0.39 is 10.0 Å². The van der Waals surface area contributed by atoms with Crippen LogP contribution < -0.4 is 5.32 Å². The van der Waals surface area contributed by atoms with Crippen molar-refractivity contribution >= 4 is 54.9 Å². The Morgan fingerprint density at radius 1 is 1.14 bits per heavy atom. The molecule has 0 spiro atoms. The summed E-state index contributed by atoms with van der Waals surface area (Å²) in [5.74, 6) is -0.291. The van der Waals surface area contributed by atoms with Crippen LogP contribution in [0, 0.1) is 0 Å². The van der Waals surface area contributed by atoms with Crippen LogP contribution in [0.5, 0.6) is 0 Å². The molecule has 0 saturated heterocycles. The van der Waals surface area contributed by atoms with Crippen molar-refractivity contribution in [2.45, 2.75) is 23.1 Å². The number of carbonyl (C=O) groups excluding carboxylic acids is 1. The molecule has 0 aliphatic heterocycles. The normalized spacial score (nSPS) is 11.9. The number of aromatic nitrogens is 1. The molecule has 6 nitrogen and oxygen atoms in total. The van der Waals surface area contributed by atoms with Gasteiger partial charge in [-0.2, -0.15) is 4.31 Å². The van der Waals surface area contributed by atoms with Gasteiger partial charge in [-0.25, -0.2) is 13.4 Å². The van der Waals surface area contributed by atoms with Crippen LogP contribution in [0.1, 0.15) is 24.2 Å². The summed E-state index contributed by atoms with van der Waals surface area (Å²) in [6, 6.07) is 11.6. The number of amides is 1. The second kappa shape index (κ2) is 8.60. The molecule has 0 bridgehead atoms. The van der Waals surface area contributed by atoms with Crippen molar-refractivity contribution in [2.75, 3.05) is 24.7 Å². The smallest absolute Gasteiger partial charge is 0.255 e. The number of benzene rings is 2. The Morgan fingerprint density at radius 2 is 1.82 bits per heavy atom. The van der Waals surface area contributed by atoms with E-state index in [4.69, 9.17) is 0 Å². The quantitative estimate of drug-likeness (QED) is 0.560. The lowest BCUT2D eigenvalue weighted by Gasteiger charge is -2.18. The van der Waals surface area contributed by atoms with E-state index in [2.05, 4.69) is 10.3 Å². The first-order valence-electron chi connectivity index (χ1n) is 8.75. The van der Waals surface area contributed by atoms with Crippen LogP contribution in [0.25, 0.3) is 10.2 Å². The van der Waals surface area contributed by atoms with E-state index in [1.54, 1.807) is 36.9 Å². The molecule has 1 amide bonds. The van der Waals surface area contributed by atoms with Gasteiger partial charge in [0.15, 0.2) is 4.34 Å². The summed E-state index contributed by atoms with van der Waals surface area (Å²) in [5, 5.41) is 2.85. The minimum absolute atomic E-state index is 0.184. The van der Waals surface area contributed by atoms with Crippen molar-refractivity contribution in [3.05, 3.63) is 48.0 Å². The highest BCUT2D eigenvalue weighted by atomic mass is 32.2. The molecule has 9 heteroatoms. The Labute approximate surface area is 173 Å². The molecular formula is C19H21N3O3S3. The third-order valence-electron chi connectivity index (χ3n) is 4.26. The lowest BCUT2D eigenvalue weighted by atomic mass is 10.2. The molecule has 0 saturated carbocycles. The van der Waals surface area contributed by atoms with Gasteiger partial charge in [-0.05, 0) is 48.7 Å². The number of thiazole rings is 1. The van der Waals surface area contributed by atoms with Gasteiger partial charge in [0.1, 0.15) is 0 Å². The minimum Gasteiger partial charge on any atom is -0.322 e. The zero-order chi connectivity index (χ0) is 20.3.